The van der Waals surface area contributed by atoms with Crippen molar-refractivity contribution < 1.29 is 28.7 Å². The number of H-pyrrole nitrogens is 4. The van der Waals surface area contributed by atoms with Gasteiger partial charge in [-0.3, -0.25) is 9.59 Å². The zero-order chi connectivity index (χ0) is 39.9. The topological polar surface area (TPSA) is 232 Å². The van der Waals surface area contributed by atoms with E-state index in [9.17, 15) is 19.2 Å². The highest BCUT2D eigenvalue weighted by Gasteiger charge is 2.22. The van der Waals surface area contributed by atoms with E-state index in [4.69, 9.17) is 9.97 Å². The first-order chi connectivity index (χ1) is 27.0. The van der Waals surface area contributed by atoms with Crippen LogP contribution in [0.2, 0.25) is 0 Å². The number of aromatic nitrogens is 8. The number of nitrogens with one attached hydrogen (secondary N) is 6. The Morgan fingerprint density at radius 1 is 0.625 bits per heavy atom. The van der Waals surface area contributed by atoms with Crippen molar-refractivity contribution in [1.29, 1.82) is 0 Å². The van der Waals surface area contributed by atoms with Crippen molar-refractivity contribution in [2.24, 2.45) is 0 Å². The van der Waals surface area contributed by atoms with Crippen molar-refractivity contribution in [3.05, 3.63) is 60.0 Å². The summed E-state index contributed by atoms with van der Waals surface area (Å²) in [5.41, 5.74) is 8.16. The number of hydrogen-bond donors (Lipinski definition) is 6. The first kappa shape index (κ1) is 39.0. The number of fused-ring (bicyclic) bond motifs is 2. The first-order valence-corrected chi connectivity index (χ1v) is 18.3. The zero-order valence-corrected chi connectivity index (χ0v) is 32.3. The van der Waals surface area contributed by atoms with E-state index in [-0.39, 0.29) is 38.0 Å². The summed E-state index contributed by atoms with van der Waals surface area (Å²) < 4.78 is 9.18. The molecular formula is C38H46N12O6. The van der Waals surface area contributed by atoms with Gasteiger partial charge in [0.1, 0.15) is 36.4 Å². The van der Waals surface area contributed by atoms with E-state index in [1.54, 1.807) is 22.2 Å². The van der Waals surface area contributed by atoms with Crippen LogP contribution in [0.25, 0.3) is 55.7 Å². The summed E-state index contributed by atoms with van der Waals surface area (Å²) in [5, 5.41) is 4.89. The highest BCUT2D eigenvalue weighted by Crippen LogP contribution is 2.39. The number of carbonyl (C=O) groups is 4. The maximum atomic E-state index is 12.9. The predicted molar refractivity (Wildman–Crippen MR) is 208 cm³/mol. The number of carbonyl (C=O) groups excluding carboxylic acids is 4. The van der Waals surface area contributed by atoms with Crippen LogP contribution in [0.5, 0.6) is 0 Å². The number of hydrogen-bond acceptors (Lipinski definition) is 10. The van der Waals surface area contributed by atoms with Crippen molar-refractivity contribution in [3.8, 4) is 33.6 Å². The molecule has 56 heavy (non-hydrogen) atoms. The van der Waals surface area contributed by atoms with Gasteiger partial charge in [0.2, 0.25) is 11.8 Å². The van der Waals surface area contributed by atoms with Crippen molar-refractivity contribution in [3.63, 3.8) is 0 Å². The molecule has 6 aromatic rings. The van der Waals surface area contributed by atoms with Crippen LogP contribution in [0.3, 0.4) is 0 Å². The van der Waals surface area contributed by atoms with E-state index >= 15 is 0 Å². The van der Waals surface area contributed by atoms with E-state index in [2.05, 4.69) is 50.0 Å². The minimum absolute atomic E-state index is 0.180. The van der Waals surface area contributed by atoms with Crippen LogP contribution in [0.1, 0.15) is 50.0 Å². The largest absolute Gasteiger partial charge is 0.453 e. The number of imidazole rings is 4. The summed E-state index contributed by atoms with van der Waals surface area (Å²) in [4.78, 5) is 84.6. The maximum absolute atomic E-state index is 12.9. The molecule has 0 aliphatic heterocycles. The molecule has 18 nitrogen and oxygen atoms in total. The van der Waals surface area contributed by atoms with Gasteiger partial charge in [-0.15, -0.1) is 0 Å². The Morgan fingerprint density at radius 2 is 1.02 bits per heavy atom. The Hall–Kier alpha value is -6.72. The lowest BCUT2D eigenvalue weighted by Gasteiger charge is -2.21. The van der Waals surface area contributed by atoms with Gasteiger partial charge in [-0.2, -0.15) is 0 Å². The Labute approximate surface area is 322 Å². The average molecular weight is 767 g/mol. The normalized spacial score (nSPS) is 11.2. The summed E-state index contributed by atoms with van der Waals surface area (Å²) in [6.45, 7) is 8.86. The van der Waals surface area contributed by atoms with E-state index in [0.29, 0.717) is 24.7 Å². The molecule has 0 atom stereocenters. The van der Waals surface area contributed by atoms with Crippen molar-refractivity contribution in [1.82, 2.24) is 60.3 Å². The van der Waals surface area contributed by atoms with Crippen LogP contribution < -0.4 is 10.6 Å². The minimum Gasteiger partial charge on any atom is -0.453 e. The highest BCUT2D eigenvalue weighted by atomic mass is 16.5. The van der Waals surface area contributed by atoms with Gasteiger partial charge in [-0.05, 0) is 38.8 Å². The van der Waals surface area contributed by atoms with Crippen LogP contribution in [-0.2, 0) is 32.2 Å². The third kappa shape index (κ3) is 8.48. The Balaban J connectivity index is 1.27. The second-order valence-electron chi connectivity index (χ2n) is 13.2. The molecule has 0 saturated carbocycles. The molecular weight excluding hydrogens is 720 g/mol. The van der Waals surface area contributed by atoms with Gasteiger partial charge < -0.3 is 49.8 Å². The third-order valence-corrected chi connectivity index (χ3v) is 9.17. The number of aryl methyl sites for hydroxylation is 2. The molecule has 0 fully saturated rings. The molecule has 6 N–H and O–H groups in total. The monoisotopic (exact) mass is 766 g/mol. The van der Waals surface area contributed by atoms with Crippen LogP contribution in [0.4, 0.5) is 9.59 Å². The Bertz CT molecular complexity index is 2210. The molecule has 0 spiro atoms. The molecule has 0 aliphatic carbocycles. The van der Waals surface area contributed by atoms with Crippen LogP contribution in [0.15, 0.2) is 36.7 Å². The number of alkyl carbamates (subject to hydrolysis) is 2. The fraction of sp³-hybridized carbons (Fsp3) is 0.368. The van der Waals surface area contributed by atoms with E-state index in [0.717, 1.165) is 80.2 Å². The molecule has 0 bridgehead atoms. The second kappa shape index (κ2) is 17.2. The smallest absolute Gasteiger partial charge is 0.407 e. The van der Waals surface area contributed by atoms with E-state index in [1.165, 1.54) is 14.2 Å². The van der Waals surface area contributed by atoms with Crippen LogP contribution in [0, 0.1) is 13.8 Å². The Kier molecular flexibility index (Phi) is 12.0. The van der Waals surface area contributed by atoms with Crippen LogP contribution >= 0.6 is 0 Å². The molecule has 4 amide bonds. The summed E-state index contributed by atoms with van der Waals surface area (Å²) in [6, 6.07) is 8.07. The van der Waals surface area contributed by atoms with Crippen molar-refractivity contribution >= 4 is 46.1 Å². The molecule has 0 radical (unpaired) electrons. The first-order valence-electron chi connectivity index (χ1n) is 18.3. The molecule has 294 valence electrons. The molecule has 4 heterocycles. The SMILES string of the molecule is CCCN(Cc1ncc(-c2ccc(-c3ccc(-c4cnc(CN(CCC)C(=O)CNC(=O)OC)[nH]4)c4nc(C)[nH]c34)c3[nH]c(C)nc23)[nH]1)C(=O)CNC(=O)OC. The lowest BCUT2D eigenvalue weighted by Crippen LogP contribution is -2.40. The lowest BCUT2D eigenvalue weighted by atomic mass is 9.97. The number of benzene rings is 2. The third-order valence-electron chi connectivity index (χ3n) is 9.17. The molecule has 0 unspecified atom stereocenters. The lowest BCUT2D eigenvalue weighted by molar-refractivity contribution is -0.131. The number of nitrogens with zero attached hydrogens (tertiary/aromatic N) is 6. The standard InChI is InChI=1S/C38H46N12O6/c1-7-13-49(31(51)17-41-37(53)55-5)19-29-39-15-27(47-29)25-11-9-23(33-35(25)45-21(3)43-33)24-10-12-26(36-34(24)44-22(4)46-36)28-16-40-30(48-28)20-50(14-8-2)32(52)18-42-38(54)56-6/h9-12,15-16H,7-8,13-14,17-20H2,1-6H3,(H,39,47)(H,40,48)(H,41,53)(H,42,54)(H,43,45)(H,44,46). The fourth-order valence-corrected chi connectivity index (χ4v) is 6.61. The van der Waals surface area contributed by atoms with Crippen molar-refractivity contribution in [2.45, 2.75) is 53.6 Å². The average Bonchev–Trinajstić information content (AvgIpc) is 4.01. The number of aromatic amines is 4. The number of amides is 4. The van der Waals surface area contributed by atoms with Gasteiger partial charge >= 0.3 is 12.2 Å². The summed E-state index contributed by atoms with van der Waals surface area (Å²) in [5.74, 6) is 2.17. The summed E-state index contributed by atoms with van der Waals surface area (Å²) in [6.07, 6.45) is 3.59. The van der Waals surface area contributed by atoms with Gasteiger partial charge in [-0.1, -0.05) is 26.0 Å². The number of ether oxygens (including phenoxy) is 2. The minimum atomic E-state index is -0.669. The molecule has 6 rings (SSSR count). The summed E-state index contributed by atoms with van der Waals surface area (Å²) >= 11 is 0. The Morgan fingerprint density at radius 3 is 1.39 bits per heavy atom. The summed E-state index contributed by atoms with van der Waals surface area (Å²) in [7, 11) is 2.50. The van der Waals surface area contributed by atoms with Gasteiger partial charge in [0, 0.05) is 35.3 Å². The predicted octanol–water partition coefficient (Wildman–Crippen LogP) is 4.69. The molecule has 0 aliphatic rings. The maximum Gasteiger partial charge on any atom is 0.407 e. The van der Waals surface area contributed by atoms with Crippen molar-refractivity contribution in [2.75, 3.05) is 40.4 Å². The molecule has 2 aromatic carbocycles. The second-order valence-corrected chi connectivity index (χ2v) is 13.2. The highest BCUT2D eigenvalue weighted by molar-refractivity contribution is 6.07. The molecule has 0 saturated heterocycles. The zero-order valence-electron chi connectivity index (χ0n) is 32.3. The van der Waals surface area contributed by atoms with Gasteiger partial charge in [-0.25, -0.2) is 29.5 Å². The molecule has 4 aromatic heterocycles. The fourth-order valence-electron chi connectivity index (χ4n) is 6.61. The number of methoxy groups -OCH3 is 2. The van der Waals surface area contributed by atoms with Gasteiger partial charge in [0.15, 0.2) is 0 Å². The molecule has 18 heteroatoms. The number of rotatable bonds is 15. The van der Waals surface area contributed by atoms with E-state index < -0.39 is 12.2 Å². The quantitative estimate of drug-likeness (QED) is 0.0844. The van der Waals surface area contributed by atoms with E-state index in [1.807, 2.05) is 52.0 Å². The van der Waals surface area contributed by atoms with Crippen LogP contribution in [-0.4, -0.2) is 114 Å². The van der Waals surface area contributed by atoms with Gasteiger partial charge in [0.25, 0.3) is 0 Å². The van der Waals surface area contributed by atoms with Gasteiger partial charge in [0.05, 0.1) is 73.2 Å².